The van der Waals surface area contributed by atoms with Gasteiger partial charge in [0.2, 0.25) is 0 Å². The van der Waals surface area contributed by atoms with Crippen molar-refractivity contribution in [1.29, 1.82) is 0 Å². The molecule has 3 nitrogen and oxygen atoms in total. The van der Waals surface area contributed by atoms with Crippen LogP contribution in [0.15, 0.2) is 18.2 Å². The van der Waals surface area contributed by atoms with Crippen molar-refractivity contribution in [3.05, 3.63) is 29.6 Å². The van der Waals surface area contributed by atoms with Gasteiger partial charge in [0.25, 0.3) is 0 Å². The Labute approximate surface area is 127 Å². The predicted octanol–water partition coefficient (Wildman–Crippen LogP) is 3.11. The fourth-order valence-electron chi connectivity index (χ4n) is 3.02. The molecule has 2 rings (SSSR count). The molecule has 118 valence electrons. The zero-order valence-corrected chi connectivity index (χ0v) is 13.5. The minimum Gasteiger partial charge on any atom is -0.369 e. The first kappa shape index (κ1) is 16.2. The molecular weight excluding hydrogens is 267 g/mol. The van der Waals surface area contributed by atoms with Gasteiger partial charge in [-0.1, -0.05) is 13.0 Å². The van der Waals surface area contributed by atoms with E-state index in [1.165, 1.54) is 0 Å². The highest BCUT2D eigenvalue weighted by Crippen LogP contribution is 2.28. The fraction of sp³-hybridized carbons (Fsp3) is 0.647. The van der Waals surface area contributed by atoms with E-state index in [0.717, 1.165) is 18.4 Å². The number of nitrogens with two attached hydrogens (primary N) is 1. The summed E-state index contributed by atoms with van der Waals surface area (Å²) >= 11 is 0. The lowest BCUT2D eigenvalue weighted by molar-refractivity contribution is -0.0751. The van der Waals surface area contributed by atoms with Crippen LogP contribution in [0.25, 0.3) is 0 Å². The number of hydrogen-bond donors (Lipinski definition) is 1. The van der Waals surface area contributed by atoms with Crippen molar-refractivity contribution in [3.8, 4) is 0 Å². The first-order valence-electron chi connectivity index (χ1n) is 7.77. The third-order valence-electron chi connectivity index (χ3n) is 3.94. The van der Waals surface area contributed by atoms with E-state index in [2.05, 4.69) is 4.90 Å². The van der Waals surface area contributed by atoms with E-state index in [-0.39, 0.29) is 23.6 Å². The largest absolute Gasteiger partial charge is 0.369 e. The Morgan fingerprint density at radius 3 is 2.76 bits per heavy atom. The number of benzene rings is 1. The van der Waals surface area contributed by atoms with Gasteiger partial charge in [0.15, 0.2) is 0 Å². The molecule has 2 unspecified atom stereocenters. The molecule has 21 heavy (non-hydrogen) atoms. The molecule has 0 radical (unpaired) electrons. The van der Waals surface area contributed by atoms with E-state index in [9.17, 15) is 4.39 Å². The maximum absolute atomic E-state index is 14.4. The highest BCUT2D eigenvalue weighted by molar-refractivity contribution is 5.50. The maximum atomic E-state index is 14.4. The van der Waals surface area contributed by atoms with Crippen molar-refractivity contribution in [1.82, 2.24) is 0 Å². The van der Waals surface area contributed by atoms with Gasteiger partial charge in [-0.15, -0.1) is 0 Å². The van der Waals surface area contributed by atoms with Gasteiger partial charge in [-0.05, 0) is 51.3 Å². The van der Waals surface area contributed by atoms with Crippen LogP contribution in [0.5, 0.6) is 0 Å². The molecule has 1 aromatic carbocycles. The molecular formula is C17H27FN2O. The Morgan fingerprint density at radius 1 is 1.48 bits per heavy atom. The highest BCUT2D eigenvalue weighted by atomic mass is 19.1. The predicted molar refractivity (Wildman–Crippen MR) is 85.2 cm³/mol. The molecule has 0 amide bonds. The first-order chi connectivity index (χ1) is 9.80. The number of rotatable bonds is 4. The Hall–Kier alpha value is -1.13. The standard InChI is InChI=1S/C17H27FN2O/c1-5-14(19)8-13-6-7-16(15(18)9-13)20-10-12(2)21-17(3,4)11-20/h6-7,9,12,14H,5,8,10-11,19H2,1-4H3. The zero-order valence-electron chi connectivity index (χ0n) is 13.5. The van der Waals surface area contributed by atoms with Gasteiger partial charge in [-0.3, -0.25) is 0 Å². The molecule has 1 aliphatic heterocycles. The van der Waals surface area contributed by atoms with Crippen molar-refractivity contribution < 1.29 is 9.13 Å². The van der Waals surface area contributed by atoms with Gasteiger partial charge in [0, 0.05) is 19.1 Å². The van der Waals surface area contributed by atoms with E-state index in [4.69, 9.17) is 10.5 Å². The number of halogens is 1. The van der Waals surface area contributed by atoms with Gasteiger partial charge >= 0.3 is 0 Å². The van der Waals surface area contributed by atoms with Crippen LogP contribution in [0, 0.1) is 5.82 Å². The second-order valence-electron chi connectivity index (χ2n) is 6.73. The normalized spacial score (nSPS) is 23.1. The molecule has 2 atom stereocenters. The van der Waals surface area contributed by atoms with E-state index < -0.39 is 0 Å². The fourth-order valence-corrected chi connectivity index (χ4v) is 3.02. The summed E-state index contributed by atoms with van der Waals surface area (Å²) in [4.78, 5) is 2.08. The van der Waals surface area contributed by atoms with Crippen LogP contribution in [0.4, 0.5) is 10.1 Å². The summed E-state index contributed by atoms with van der Waals surface area (Å²) in [5.74, 6) is -0.166. The molecule has 0 bridgehead atoms. The van der Waals surface area contributed by atoms with Gasteiger partial charge in [0.05, 0.1) is 17.4 Å². The van der Waals surface area contributed by atoms with Gasteiger partial charge in [-0.25, -0.2) is 4.39 Å². The Kier molecular flexibility index (Phi) is 4.89. The average Bonchev–Trinajstić information content (AvgIpc) is 2.36. The minimum absolute atomic E-state index is 0.0950. The number of anilines is 1. The summed E-state index contributed by atoms with van der Waals surface area (Å²) in [5.41, 5.74) is 7.31. The lowest BCUT2D eigenvalue weighted by Gasteiger charge is -2.43. The second-order valence-corrected chi connectivity index (χ2v) is 6.73. The molecule has 1 aliphatic rings. The van der Waals surface area contributed by atoms with Crippen LogP contribution in [-0.4, -0.2) is 30.8 Å². The van der Waals surface area contributed by atoms with Gasteiger partial charge in [-0.2, -0.15) is 0 Å². The van der Waals surface area contributed by atoms with Gasteiger partial charge < -0.3 is 15.4 Å². The van der Waals surface area contributed by atoms with Crippen LogP contribution in [0.1, 0.15) is 39.7 Å². The van der Waals surface area contributed by atoms with Crippen LogP contribution in [0.3, 0.4) is 0 Å². The van der Waals surface area contributed by atoms with Crippen molar-refractivity contribution in [2.45, 2.75) is 58.3 Å². The summed E-state index contributed by atoms with van der Waals surface area (Å²) in [5, 5.41) is 0. The summed E-state index contributed by atoms with van der Waals surface area (Å²) in [6, 6.07) is 5.58. The van der Waals surface area contributed by atoms with Gasteiger partial charge in [0.1, 0.15) is 5.82 Å². The van der Waals surface area contributed by atoms with Crippen LogP contribution < -0.4 is 10.6 Å². The molecule has 1 heterocycles. The Bertz CT molecular complexity index is 490. The van der Waals surface area contributed by atoms with Crippen molar-refractivity contribution >= 4 is 5.69 Å². The van der Waals surface area contributed by atoms with E-state index in [0.29, 0.717) is 18.8 Å². The van der Waals surface area contributed by atoms with E-state index >= 15 is 0 Å². The number of morpholine rings is 1. The molecule has 1 saturated heterocycles. The monoisotopic (exact) mass is 294 g/mol. The summed E-state index contributed by atoms with van der Waals surface area (Å²) in [6.45, 7) is 9.58. The lowest BCUT2D eigenvalue weighted by Crippen LogP contribution is -2.52. The third-order valence-corrected chi connectivity index (χ3v) is 3.94. The van der Waals surface area contributed by atoms with E-state index in [1.54, 1.807) is 6.07 Å². The lowest BCUT2D eigenvalue weighted by atomic mass is 10.0. The molecule has 1 aromatic rings. The number of hydrogen-bond acceptors (Lipinski definition) is 3. The number of nitrogens with zero attached hydrogens (tertiary/aromatic N) is 1. The molecule has 0 spiro atoms. The smallest absolute Gasteiger partial charge is 0.146 e. The molecule has 4 heteroatoms. The molecule has 0 aliphatic carbocycles. The van der Waals surface area contributed by atoms with Crippen molar-refractivity contribution in [3.63, 3.8) is 0 Å². The highest BCUT2D eigenvalue weighted by Gasteiger charge is 2.32. The third kappa shape index (κ3) is 4.17. The zero-order chi connectivity index (χ0) is 15.6. The van der Waals surface area contributed by atoms with Crippen LogP contribution in [-0.2, 0) is 11.2 Å². The quantitative estimate of drug-likeness (QED) is 0.927. The Balaban J connectivity index is 2.17. The topological polar surface area (TPSA) is 38.5 Å². The summed E-state index contributed by atoms with van der Waals surface area (Å²) in [6.07, 6.45) is 1.72. The number of ether oxygens (including phenoxy) is 1. The first-order valence-corrected chi connectivity index (χ1v) is 7.77. The minimum atomic E-state index is -0.257. The maximum Gasteiger partial charge on any atom is 0.146 e. The van der Waals surface area contributed by atoms with Crippen LogP contribution in [0.2, 0.25) is 0 Å². The summed E-state index contributed by atoms with van der Waals surface area (Å²) in [7, 11) is 0. The Morgan fingerprint density at radius 2 is 2.19 bits per heavy atom. The van der Waals surface area contributed by atoms with E-state index in [1.807, 2.05) is 39.8 Å². The molecule has 2 N–H and O–H groups in total. The molecule has 0 saturated carbocycles. The SMILES string of the molecule is CCC(N)Cc1ccc(N2CC(C)OC(C)(C)C2)c(F)c1. The van der Waals surface area contributed by atoms with Crippen LogP contribution >= 0.6 is 0 Å². The second kappa shape index (κ2) is 6.32. The molecule has 1 fully saturated rings. The molecule has 0 aromatic heterocycles. The van der Waals surface area contributed by atoms with Crippen molar-refractivity contribution in [2.75, 3.05) is 18.0 Å². The van der Waals surface area contributed by atoms with Crippen molar-refractivity contribution in [2.24, 2.45) is 5.73 Å². The summed E-state index contributed by atoms with van der Waals surface area (Å²) < 4.78 is 20.3. The average molecular weight is 294 g/mol.